The van der Waals surface area contributed by atoms with E-state index in [-0.39, 0.29) is 0 Å². The van der Waals surface area contributed by atoms with E-state index in [1.165, 1.54) is 11.3 Å². The minimum Gasteiger partial charge on any atom is -0.396 e. The predicted molar refractivity (Wildman–Crippen MR) is 77.4 cm³/mol. The van der Waals surface area contributed by atoms with Crippen molar-refractivity contribution in [1.82, 2.24) is 0 Å². The Bertz CT molecular complexity index is 467. The molecule has 2 rings (SSSR count). The second-order valence-corrected chi connectivity index (χ2v) is 6.17. The van der Waals surface area contributed by atoms with Crippen LogP contribution in [0.25, 0.3) is 0 Å². The van der Waals surface area contributed by atoms with Crippen LogP contribution in [-0.2, 0) is 4.74 Å². The zero-order chi connectivity index (χ0) is 13.1. The van der Waals surface area contributed by atoms with Gasteiger partial charge in [0, 0.05) is 26.1 Å². The van der Waals surface area contributed by atoms with E-state index in [0.29, 0.717) is 16.5 Å². The molecule has 1 aromatic rings. The van der Waals surface area contributed by atoms with E-state index in [4.69, 9.17) is 15.7 Å². The highest BCUT2D eigenvalue weighted by Crippen LogP contribution is 2.44. The number of methoxy groups -OCH3 is 1. The number of anilines is 2. The lowest BCUT2D eigenvalue weighted by atomic mass is 10.1. The summed E-state index contributed by atoms with van der Waals surface area (Å²) >= 11 is 3.13. The molecule has 6 heteroatoms. The molecule has 1 atom stereocenters. The van der Waals surface area contributed by atoms with Crippen molar-refractivity contribution in [2.24, 2.45) is 5.92 Å². The SMILES string of the molecule is COCC1CCN(c2sc(C#N)c(N)c2SC)C1. The number of nitrogens with two attached hydrogens (primary N) is 1. The van der Waals surface area contributed by atoms with Crippen molar-refractivity contribution < 1.29 is 4.74 Å². The first-order valence-corrected chi connectivity index (χ1v) is 7.85. The first-order valence-electron chi connectivity index (χ1n) is 5.81. The van der Waals surface area contributed by atoms with Gasteiger partial charge in [-0.05, 0) is 12.7 Å². The van der Waals surface area contributed by atoms with Crippen LogP contribution in [0.3, 0.4) is 0 Å². The fourth-order valence-corrected chi connectivity index (χ4v) is 4.31. The molecule has 98 valence electrons. The molecule has 1 saturated heterocycles. The number of hydrogen-bond acceptors (Lipinski definition) is 6. The van der Waals surface area contributed by atoms with Crippen LogP contribution in [0, 0.1) is 17.2 Å². The van der Waals surface area contributed by atoms with Gasteiger partial charge in [0.15, 0.2) is 0 Å². The number of thioether (sulfide) groups is 1. The standard InChI is InChI=1S/C12H17N3OS2/c1-16-7-8-3-4-15(6-8)12-11(17-2)10(14)9(5-13)18-12/h8H,3-4,6-7,14H2,1-2H3. The van der Waals surface area contributed by atoms with Crippen molar-refractivity contribution >= 4 is 33.8 Å². The predicted octanol–water partition coefficient (Wildman–Crippen LogP) is 2.40. The minimum atomic E-state index is 0.582. The summed E-state index contributed by atoms with van der Waals surface area (Å²) in [7, 11) is 1.74. The van der Waals surface area contributed by atoms with Gasteiger partial charge in [0.1, 0.15) is 15.9 Å². The summed E-state index contributed by atoms with van der Waals surface area (Å²) in [5.41, 5.74) is 6.64. The summed E-state index contributed by atoms with van der Waals surface area (Å²) in [5.74, 6) is 0.582. The van der Waals surface area contributed by atoms with Crippen LogP contribution in [0.5, 0.6) is 0 Å². The molecular formula is C12H17N3OS2. The van der Waals surface area contributed by atoms with Gasteiger partial charge in [-0.3, -0.25) is 0 Å². The maximum absolute atomic E-state index is 9.06. The molecule has 0 aromatic carbocycles. The third-order valence-corrected chi connectivity index (χ3v) is 5.29. The summed E-state index contributed by atoms with van der Waals surface area (Å²) < 4.78 is 5.21. The maximum atomic E-state index is 9.06. The number of hydrogen-bond donors (Lipinski definition) is 1. The Balaban J connectivity index is 2.22. The van der Waals surface area contributed by atoms with Crippen molar-refractivity contribution in [3.05, 3.63) is 4.88 Å². The van der Waals surface area contributed by atoms with Crippen LogP contribution in [-0.4, -0.2) is 33.1 Å². The minimum absolute atomic E-state index is 0.582. The smallest absolute Gasteiger partial charge is 0.131 e. The van der Waals surface area contributed by atoms with Gasteiger partial charge >= 0.3 is 0 Å². The quantitative estimate of drug-likeness (QED) is 0.860. The van der Waals surface area contributed by atoms with Crippen LogP contribution < -0.4 is 10.6 Å². The van der Waals surface area contributed by atoms with Gasteiger partial charge in [0.05, 0.1) is 17.2 Å². The molecule has 0 aliphatic carbocycles. The third-order valence-electron chi connectivity index (χ3n) is 3.16. The summed E-state index contributed by atoms with van der Waals surface area (Å²) in [6.07, 6.45) is 3.15. The molecule has 0 bridgehead atoms. The fourth-order valence-electron chi connectivity index (χ4n) is 2.29. The average molecular weight is 283 g/mol. The molecule has 0 amide bonds. The van der Waals surface area contributed by atoms with Crippen molar-refractivity contribution in [2.75, 3.05) is 43.7 Å². The second-order valence-electron chi connectivity index (χ2n) is 4.35. The van der Waals surface area contributed by atoms with Crippen LogP contribution in [0.4, 0.5) is 10.7 Å². The average Bonchev–Trinajstić information content (AvgIpc) is 2.94. The molecule has 0 spiro atoms. The monoisotopic (exact) mass is 283 g/mol. The molecule has 1 aliphatic rings. The normalized spacial score (nSPS) is 19.2. The molecule has 1 fully saturated rings. The lowest BCUT2D eigenvalue weighted by molar-refractivity contribution is 0.161. The Morgan fingerprint density at radius 3 is 3.06 bits per heavy atom. The summed E-state index contributed by atoms with van der Waals surface area (Å²) in [5, 5.41) is 10.2. The van der Waals surface area contributed by atoms with Crippen molar-refractivity contribution in [3.63, 3.8) is 0 Å². The highest BCUT2D eigenvalue weighted by Gasteiger charge is 2.27. The highest BCUT2D eigenvalue weighted by atomic mass is 32.2. The van der Waals surface area contributed by atoms with Crippen molar-refractivity contribution in [2.45, 2.75) is 11.3 Å². The largest absolute Gasteiger partial charge is 0.396 e. The van der Waals surface area contributed by atoms with Gasteiger partial charge in [-0.25, -0.2) is 0 Å². The zero-order valence-electron chi connectivity index (χ0n) is 10.6. The maximum Gasteiger partial charge on any atom is 0.131 e. The van der Waals surface area contributed by atoms with E-state index in [1.807, 2.05) is 6.26 Å². The van der Waals surface area contributed by atoms with Crippen molar-refractivity contribution in [3.8, 4) is 6.07 Å². The molecule has 2 N–H and O–H groups in total. The molecule has 1 aliphatic heterocycles. The highest BCUT2D eigenvalue weighted by molar-refractivity contribution is 7.99. The molecule has 1 unspecified atom stereocenters. The van der Waals surface area contributed by atoms with Crippen LogP contribution in [0.1, 0.15) is 11.3 Å². The summed E-state index contributed by atoms with van der Waals surface area (Å²) in [6, 6.07) is 2.18. The fraction of sp³-hybridized carbons (Fsp3) is 0.583. The molecule has 1 aromatic heterocycles. The number of rotatable bonds is 4. The lowest BCUT2D eigenvalue weighted by Crippen LogP contribution is -2.20. The van der Waals surface area contributed by atoms with Gasteiger partial charge in [-0.2, -0.15) is 5.26 Å². The van der Waals surface area contributed by atoms with E-state index in [1.54, 1.807) is 18.9 Å². The third kappa shape index (κ3) is 2.44. The summed E-state index contributed by atoms with van der Waals surface area (Å²) in [4.78, 5) is 4.01. The molecule has 2 heterocycles. The lowest BCUT2D eigenvalue weighted by Gasteiger charge is -2.18. The van der Waals surface area contributed by atoms with E-state index in [2.05, 4.69) is 11.0 Å². The Hall–Kier alpha value is -0.900. The van der Waals surface area contributed by atoms with Crippen LogP contribution in [0.2, 0.25) is 0 Å². The Kier molecular flexibility index (Phi) is 4.38. The molecular weight excluding hydrogens is 266 g/mol. The Morgan fingerprint density at radius 1 is 1.67 bits per heavy atom. The van der Waals surface area contributed by atoms with Gasteiger partial charge in [-0.1, -0.05) is 0 Å². The number of ether oxygens (including phenoxy) is 1. The van der Waals surface area contributed by atoms with Gasteiger partial charge in [0.25, 0.3) is 0 Å². The van der Waals surface area contributed by atoms with E-state index < -0.39 is 0 Å². The topological polar surface area (TPSA) is 62.3 Å². The Labute approximate surface area is 116 Å². The first kappa shape index (κ1) is 13.5. The second kappa shape index (κ2) is 5.83. The zero-order valence-corrected chi connectivity index (χ0v) is 12.2. The van der Waals surface area contributed by atoms with Crippen LogP contribution >= 0.6 is 23.1 Å². The number of nitrogen functional groups attached to an aromatic ring is 1. The Morgan fingerprint density at radius 2 is 2.44 bits per heavy atom. The van der Waals surface area contributed by atoms with E-state index in [9.17, 15) is 0 Å². The van der Waals surface area contributed by atoms with Crippen molar-refractivity contribution in [1.29, 1.82) is 5.26 Å². The molecule has 18 heavy (non-hydrogen) atoms. The molecule has 4 nitrogen and oxygen atoms in total. The first-order chi connectivity index (χ1) is 8.71. The van der Waals surface area contributed by atoms with E-state index >= 15 is 0 Å². The van der Waals surface area contributed by atoms with Gasteiger partial charge < -0.3 is 15.4 Å². The van der Waals surface area contributed by atoms with Crippen LogP contribution in [0.15, 0.2) is 4.90 Å². The molecule has 0 saturated carbocycles. The van der Waals surface area contributed by atoms with E-state index in [0.717, 1.165) is 36.0 Å². The van der Waals surface area contributed by atoms with Gasteiger partial charge in [-0.15, -0.1) is 23.1 Å². The molecule has 0 radical (unpaired) electrons. The number of nitrogens with zero attached hydrogens (tertiary/aromatic N) is 2. The summed E-state index contributed by atoms with van der Waals surface area (Å²) in [6.45, 7) is 2.82. The number of nitriles is 1. The number of thiophene rings is 1. The van der Waals surface area contributed by atoms with Gasteiger partial charge in [0.2, 0.25) is 0 Å².